The Kier molecular flexibility index (Phi) is 3.51. The van der Waals surface area contributed by atoms with Crippen molar-refractivity contribution in [3.8, 4) is 0 Å². The van der Waals surface area contributed by atoms with E-state index in [0.717, 1.165) is 9.87 Å². The lowest BCUT2D eigenvalue weighted by Crippen LogP contribution is -2.42. The second-order valence-corrected chi connectivity index (χ2v) is 6.92. The van der Waals surface area contributed by atoms with Crippen molar-refractivity contribution in [1.82, 2.24) is 4.31 Å². The summed E-state index contributed by atoms with van der Waals surface area (Å²) in [7, 11) is -3.64. The van der Waals surface area contributed by atoms with E-state index in [9.17, 15) is 13.2 Å². The molecule has 108 valence electrons. The van der Waals surface area contributed by atoms with Crippen LogP contribution in [0.1, 0.15) is 21.5 Å². The molecule has 0 atom stereocenters. The normalized spacial score (nSPS) is 14.9. The van der Waals surface area contributed by atoms with E-state index in [4.69, 9.17) is 0 Å². The Bertz CT molecular complexity index is 769. The van der Waals surface area contributed by atoms with E-state index in [1.165, 1.54) is 0 Å². The average molecular weight is 301 g/mol. The third-order valence-corrected chi connectivity index (χ3v) is 5.30. The first-order valence-corrected chi connectivity index (χ1v) is 8.35. The van der Waals surface area contributed by atoms with E-state index >= 15 is 0 Å². The molecule has 4 nitrogen and oxygen atoms in total. The molecular weight excluding hydrogens is 286 g/mol. The predicted octanol–water partition coefficient (Wildman–Crippen LogP) is 2.21. The van der Waals surface area contributed by atoms with Crippen LogP contribution >= 0.6 is 0 Å². The first kappa shape index (κ1) is 13.8. The SMILES string of the molecule is O=C1c2ccccc2CCN1S(=O)(=O)Cc1ccccc1. The highest BCUT2D eigenvalue weighted by Gasteiger charge is 2.32. The van der Waals surface area contributed by atoms with Gasteiger partial charge in [-0.15, -0.1) is 0 Å². The number of benzene rings is 2. The largest absolute Gasteiger partial charge is 0.268 e. The van der Waals surface area contributed by atoms with Crippen LogP contribution in [0.15, 0.2) is 54.6 Å². The van der Waals surface area contributed by atoms with Gasteiger partial charge in [0.15, 0.2) is 0 Å². The zero-order chi connectivity index (χ0) is 14.9. The van der Waals surface area contributed by atoms with Crippen molar-refractivity contribution < 1.29 is 13.2 Å². The zero-order valence-electron chi connectivity index (χ0n) is 11.4. The Balaban J connectivity index is 1.89. The first-order chi connectivity index (χ1) is 10.1. The molecule has 2 aromatic rings. The average Bonchev–Trinajstić information content (AvgIpc) is 2.48. The number of hydrogen-bond acceptors (Lipinski definition) is 3. The second kappa shape index (κ2) is 5.33. The minimum absolute atomic E-state index is 0.151. The van der Waals surface area contributed by atoms with E-state index in [1.54, 1.807) is 36.4 Å². The van der Waals surface area contributed by atoms with Gasteiger partial charge in [0.25, 0.3) is 5.91 Å². The Morgan fingerprint density at radius 2 is 1.62 bits per heavy atom. The standard InChI is InChI=1S/C16H15NO3S/c18-16-15-9-5-4-8-14(15)10-11-17(16)21(19,20)12-13-6-2-1-3-7-13/h1-9H,10-12H2. The van der Waals surface area contributed by atoms with Gasteiger partial charge in [0.2, 0.25) is 10.0 Å². The fraction of sp³-hybridized carbons (Fsp3) is 0.188. The molecule has 1 aliphatic rings. The molecule has 21 heavy (non-hydrogen) atoms. The van der Waals surface area contributed by atoms with E-state index in [-0.39, 0.29) is 12.3 Å². The lowest BCUT2D eigenvalue weighted by Gasteiger charge is -2.27. The molecule has 0 fully saturated rings. The van der Waals surface area contributed by atoms with Crippen molar-refractivity contribution in [2.75, 3.05) is 6.54 Å². The molecule has 0 N–H and O–H groups in total. The van der Waals surface area contributed by atoms with Crippen molar-refractivity contribution in [3.05, 3.63) is 71.3 Å². The molecule has 3 rings (SSSR count). The summed E-state index contributed by atoms with van der Waals surface area (Å²) >= 11 is 0. The van der Waals surface area contributed by atoms with E-state index < -0.39 is 15.9 Å². The van der Waals surface area contributed by atoms with Gasteiger partial charge < -0.3 is 0 Å². The fourth-order valence-corrected chi connectivity index (χ4v) is 4.02. The molecule has 0 aromatic heterocycles. The molecule has 0 saturated heterocycles. The third kappa shape index (κ3) is 2.69. The Morgan fingerprint density at radius 3 is 2.38 bits per heavy atom. The van der Waals surface area contributed by atoms with Crippen molar-refractivity contribution in [3.63, 3.8) is 0 Å². The predicted molar refractivity (Wildman–Crippen MR) is 80.2 cm³/mol. The molecule has 0 saturated carbocycles. The maximum absolute atomic E-state index is 12.5. The summed E-state index contributed by atoms with van der Waals surface area (Å²) in [5.41, 5.74) is 2.08. The number of carbonyl (C=O) groups excluding carboxylic acids is 1. The molecule has 1 heterocycles. The molecule has 0 bridgehead atoms. The van der Waals surface area contributed by atoms with Crippen LogP contribution in [-0.4, -0.2) is 25.2 Å². The molecule has 0 unspecified atom stereocenters. The summed E-state index contributed by atoms with van der Waals surface area (Å²) in [6.45, 7) is 0.213. The molecule has 0 radical (unpaired) electrons. The number of amides is 1. The van der Waals surface area contributed by atoms with Crippen LogP contribution in [0, 0.1) is 0 Å². The van der Waals surface area contributed by atoms with Crippen LogP contribution in [-0.2, 0) is 22.2 Å². The van der Waals surface area contributed by atoms with Crippen molar-refractivity contribution in [2.45, 2.75) is 12.2 Å². The lowest BCUT2D eigenvalue weighted by atomic mass is 10.0. The number of fused-ring (bicyclic) bond motifs is 1. The highest BCUT2D eigenvalue weighted by Crippen LogP contribution is 2.22. The number of nitrogens with zero attached hydrogens (tertiary/aromatic N) is 1. The van der Waals surface area contributed by atoms with Gasteiger partial charge in [-0.25, -0.2) is 12.7 Å². The smallest absolute Gasteiger partial charge is 0.267 e. The summed E-state index contributed by atoms with van der Waals surface area (Å²) in [6.07, 6.45) is 0.565. The second-order valence-electron chi connectivity index (χ2n) is 5.03. The number of rotatable bonds is 3. The molecule has 2 aromatic carbocycles. The van der Waals surface area contributed by atoms with Crippen LogP contribution in [0.3, 0.4) is 0 Å². The molecule has 1 aliphatic heterocycles. The van der Waals surface area contributed by atoms with Crippen LogP contribution < -0.4 is 0 Å². The van der Waals surface area contributed by atoms with Crippen LogP contribution in [0.5, 0.6) is 0 Å². The van der Waals surface area contributed by atoms with E-state index in [2.05, 4.69) is 0 Å². The quantitative estimate of drug-likeness (QED) is 0.873. The summed E-state index contributed by atoms with van der Waals surface area (Å²) in [4.78, 5) is 12.4. The van der Waals surface area contributed by atoms with Gasteiger partial charge in [-0.05, 0) is 23.6 Å². The van der Waals surface area contributed by atoms with Gasteiger partial charge in [0, 0.05) is 12.1 Å². The molecule has 0 spiro atoms. The van der Waals surface area contributed by atoms with Crippen LogP contribution in [0.25, 0.3) is 0 Å². The van der Waals surface area contributed by atoms with Gasteiger partial charge in [0.05, 0.1) is 5.75 Å². The van der Waals surface area contributed by atoms with Crippen LogP contribution in [0.4, 0.5) is 0 Å². The minimum Gasteiger partial charge on any atom is -0.268 e. The summed E-state index contributed by atoms with van der Waals surface area (Å²) in [6, 6.07) is 16.1. The number of carbonyl (C=O) groups is 1. The van der Waals surface area contributed by atoms with Gasteiger partial charge in [0.1, 0.15) is 0 Å². The van der Waals surface area contributed by atoms with Crippen molar-refractivity contribution in [1.29, 1.82) is 0 Å². The van der Waals surface area contributed by atoms with Gasteiger partial charge in [-0.3, -0.25) is 4.79 Å². The van der Waals surface area contributed by atoms with Crippen molar-refractivity contribution >= 4 is 15.9 Å². The highest BCUT2D eigenvalue weighted by atomic mass is 32.2. The number of hydrogen-bond donors (Lipinski definition) is 0. The summed E-state index contributed by atoms with van der Waals surface area (Å²) in [5, 5.41) is 0. The Morgan fingerprint density at radius 1 is 0.952 bits per heavy atom. The molecule has 0 aliphatic carbocycles. The van der Waals surface area contributed by atoms with E-state index in [0.29, 0.717) is 17.5 Å². The topological polar surface area (TPSA) is 54.5 Å². The third-order valence-electron chi connectivity index (χ3n) is 3.59. The molecule has 5 heteroatoms. The Labute approximate surface area is 124 Å². The molecular formula is C16H15NO3S. The minimum atomic E-state index is -3.64. The lowest BCUT2D eigenvalue weighted by molar-refractivity contribution is 0.0849. The van der Waals surface area contributed by atoms with Gasteiger partial charge in [-0.2, -0.15) is 0 Å². The zero-order valence-corrected chi connectivity index (χ0v) is 12.2. The maximum Gasteiger partial charge on any atom is 0.267 e. The van der Waals surface area contributed by atoms with Gasteiger partial charge >= 0.3 is 0 Å². The monoisotopic (exact) mass is 301 g/mol. The molecule has 1 amide bonds. The van der Waals surface area contributed by atoms with Crippen LogP contribution in [0.2, 0.25) is 0 Å². The number of sulfonamides is 1. The fourth-order valence-electron chi connectivity index (χ4n) is 2.53. The van der Waals surface area contributed by atoms with E-state index in [1.807, 2.05) is 18.2 Å². The maximum atomic E-state index is 12.5. The summed E-state index contributed by atoms with van der Waals surface area (Å²) in [5.74, 6) is -0.574. The van der Waals surface area contributed by atoms with Crippen molar-refractivity contribution in [2.24, 2.45) is 0 Å². The Hall–Kier alpha value is -2.14. The van der Waals surface area contributed by atoms with Gasteiger partial charge in [-0.1, -0.05) is 48.5 Å². The highest BCUT2D eigenvalue weighted by molar-refractivity contribution is 7.88. The summed E-state index contributed by atoms with van der Waals surface area (Å²) < 4.78 is 26.0. The first-order valence-electron chi connectivity index (χ1n) is 6.74.